The Balaban J connectivity index is 1.78. The molecule has 0 aliphatic carbocycles. The first-order valence-electron chi connectivity index (χ1n) is 8.44. The predicted octanol–water partition coefficient (Wildman–Crippen LogP) is 2.38. The number of aryl methyl sites for hydroxylation is 1. The minimum atomic E-state index is -3.79. The van der Waals surface area contributed by atoms with Crippen LogP contribution in [0.3, 0.4) is 0 Å². The summed E-state index contributed by atoms with van der Waals surface area (Å²) in [6.45, 7) is 0.133. The minimum absolute atomic E-state index is 0.0246. The van der Waals surface area contributed by atoms with Gasteiger partial charge in [0.1, 0.15) is 0 Å². The molecule has 0 radical (unpaired) electrons. The zero-order chi connectivity index (χ0) is 18.5. The van der Waals surface area contributed by atoms with Gasteiger partial charge in [0.05, 0.1) is 10.6 Å². The third kappa shape index (κ3) is 2.50. The summed E-state index contributed by atoms with van der Waals surface area (Å²) in [5.41, 5.74) is 2.45. The molecule has 0 atom stereocenters. The van der Waals surface area contributed by atoms with Crippen LogP contribution in [0.5, 0.6) is 0 Å². The molecule has 0 saturated carbocycles. The number of carbonyl (C=O) groups is 2. The standard InChI is InChI=1S/C19H18N2O4S/c1-20-16-8-7-14(12-13(16)6-9-19(20)23)26(24,25)21-11-10-18(22)15-4-2-3-5-17(15)21/h2-5,7-8,12H,6,9-11H2,1H3. The van der Waals surface area contributed by atoms with Crippen LogP contribution in [0.1, 0.15) is 28.8 Å². The molecule has 0 N–H and O–H groups in total. The molecule has 7 heteroatoms. The number of hydrogen-bond donors (Lipinski definition) is 0. The summed E-state index contributed by atoms with van der Waals surface area (Å²) >= 11 is 0. The Kier molecular flexibility index (Phi) is 3.84. The zero-order valence-electron chi connectivity index (χ0n) is 14.3. The predicted molar refractivity (Wildman–Crippen MR) is 98.1 cm³/mol. The molecular formula is C19H18N2O4S. The number of Topliss-reactive ketones (excluding diaryl/α,β-unsaturated/α-hetero) is 1. The Morgan fingerprint density at radius 3 is 2.50 bits per heavy atom. The number of benzene rings is 2. The molecule has 6 nitrogen and oxygen atoms in total. The lowest BCUT2D eigenvalue weighted by atomic mass is 10.0. The molecule has 4 rings (SSSR count). The van der Waals surface area contributed by atoms with E-state index >= 15 is 0 Å². The molecule has 0 saturated heterocycles. The maximum absolute atomic E-state index is 13.2. The van der Waals surface area contributed by atoms with Crippen molar-refractivity contribution in [2.45, 2.75) is 24.2 Å². The number of sulfonamides is 1. The van der Waals surface area contributed by atoms with Crippen molar-refractivity contribution >= 4 is 33.1 Å². The second-order valence-corrected chi connectivity index (χ2v) is 8.37. The molecule has 2 heterocycles. The number of ketones is 1. The smallest absolute Gasteiger partial charge is 0.264 e. The van der Waals surface area contributed by atoms with Crippen LogP contribution < -0.4 is 9.21 Å². The number of carbonyl (C=O) groups excluding carboxylic acids is 2. The van der Waals surface area contributed by atoms with Crippen LogP contribution in [0.15, 0.2) is 47.4 Å². The van der Waals surface area contributed by atoms with Crippen molar-refractivity contribution in [2.75, 3.05) is 22.8 Å². The molecule has 2 aromatic carbocycles. The van der Waals surface area contributed by atoms with E-state index in [1.807, 2.05) is 0 Å². The number of nitrogens with zero attached hydrogens (tertiary/aromatic N) is 2. The van der Waals surface area contributed by atoms with Crippen LogP contribution >= 0.6 is 0 Å². The lowest BCUT2D eigenvalue weighted by molar-refractivity contribution is -0.118. The van der Waals surface area contributed by atoms with Gasteiger partial charge in [-0.1, -0.05) is 12.1 Å². The van der Waals surface area contributed by atoms with Gasteiger partial charge in [0, 0.05) is 37.7 Å². The molecule has 2 aliphatic rings. The largest absolute Gasteiger partial charge is 0.315 e. The van der Waals surface area contributed by atoms with Crippen LogP contribution in [0.2, 0.25) is 0 Å². The van der Waals surface area contributed by atoms with Crippen molar-refractivity contribution < 1.29 is 18.0 Å². The molecule has 134 valence electrons. The quantitative estimate of drug-likeness (QED) is 0.813. The van der Waals surface area contributed by atoms with E-state index in [0.717, 1.165) is 11.3 Å². The third-order valence-electron chi connectivity index (χ3n) is 5.00. The van der Waals surface area contributed by atoms with Crippen molar-refractivity contribution in [1.29, 1.82) is 0 Å². The van der Waals surface area contributed by atoms with Crippen LogP contribution in [0, 0.1) is 0 Å². The zero-order valence-corrected chi connectivity index (χ0v) is 15.1. The van der Waals surface area contributed by atoms with E-state index in [2.05, 4.69) is 0 Å². The van der Waals surface area contributed by atoms with Crippen molar-refractivity contribution in [3.8, 4) is 0 Å². The summed E-state index contributed by atoms with van der Waals surface area (Å²) in [7, 11) is -2.09. The van der Waals surface area contributed by atoms with Gasteiger partial charge in [0.2, 0.25) is 5.91 Å². The molecule has 2 aromatic rings. The summed E-state index contributed by atoms with van der Waals surface area (Å²) in [6, 6.07) is 11.6. The van der Waals surface area contributed by atoms with Gasteiger partial charge in [-0.25, -0.2) is 8.42 Å². The van der Waals surface area contributed by atoms with Crippen molar-refractivity contribution in [3.05, 3.63) is 53.6 Å². The molecule has 0 fully saturated rings. The Hall–Kier alpha value is -2.67. The van der Waals surface area contributed by atoms with Crippen molar-refractivity contribution in [2.24, 2.45) is 0 Å². The van der Waals surface area contributed by atoms with Crippen molar-refractivity contribution in [3.63, 3.8) is 0 Å². The lowest BCUT2D eigenvalue weighted by Crippen LogP contribution is -2.37. The fourth-order valence-corrected chi connectivity index (χ4v) is 5.09. The summed E-state index contributed by atoms with van der Waals surface area (Å²) in [4.78, 5) is 25.7. The normalized spacial score (nSPS) is 17.1. The van der Waals surface area contributed by atoms with Gasteiger partial charge in [-0.15, -0.1) is 0 Å². The number of amides is 1. The number of fused-ring (bicyclic) bond motifs is 2. The van der Waals surface area contributed by atoms with Gasteiger partial charge in [0.15, 0.2) is 5.78 Å². The van der Waals surface area contributed by atoms with Crippen LogP contribution in [-0.2, 0) is 21.2 Å². The number of rotatable bonds is 2. The van der Waals surface area contributed by atoms with E-state index in [0.29, 0.717) is 24.1 Å². The first-order valence-corrected chi connectivity index (χ1v) is 9.88. The van der Waals surface area contributed by atoms with Gasteiger partial charge < -0.3 is 4.90 Å². The Bertz CT molecular complexity index is 1030. The molecule has 1 amide bonds. The van der Waals surface area contributed by atoms with Crippen molar-refractivity contribution in [1.82, 2.24) is 0 Å². The molecule has 0 bridgehead atoms. The highest BCUT2D eigenvalue weighted by atomic mass is 32.2. The van der Waals surface area contributed by atoms with Crippen LogP contribution in [0.4, 0.5) is 11.4 Å². The SMILES string of the molecule is CN1C(=O)CCc2cc(S(=O)(=O)N3CCC(=O)c4ccccc43)ccc21. The molecule has 0 unspecified atom stereocenters. The average molecular weight is 370 g/mol. The Morgan fingerprint density at radius 2 is 1.69 bits per heavy atom. The highest BCUT2D eigenvalue weighted by Gasteiger charge is 2.33. The maximum Gasteiger partial charge on any atom is 0.264 e. The van der Waals surface area contributed by atoms with E-state index in [1.54, 1.807) is 48.3 Å². The molecule has 2 aliphatic heterocycles. The highest BCUT2D eigenvalue weighted by molar-refractivity contribution is 7.92. The van der Waals surface area contributed by atoms with Crippen LogP contribution in [0.25, 0.3) is 0 Å². The first kappa shape index (κ1) is 16.8. The Labute approximate surface area is 152 Å². The topological polar surface area (TPSA) is 74.8 Å². The van der Waals surface area contributed by atoms with Gasteiger partial charge >= 0.3 is 0 Å². The third-order valence-corrected chi connectivity index (χ3v) is 6.81. The van der Waals surface area contributed by atoms with E-state index < -0.39 is 10.0 Å². The summed E-state index contributed by atoms with van der Waals surface area (Å²) in [5.74, 6) is -0.0193. The van der Waals surface area contributed by atoms with Gasteiger partial charge in [-0.2, -0.15) is 0 Å². The highest BCUT2D eigenvalue weighted by Crippen LogP contribution is 2.34. The molecule has 0 spiro atoms. The minimum Gasteiger partial charge on any atom is -0.315 e. The number of para-hydroxylation sites is 1. The summed E-state index contributed by atoms with van der Waals surface area (Å²) < 4.78 is 27.8. The second-order valence-electron chi connectivity index (χ2n) is 6.51. The molecule has 0 aromatic heterocycles. The first-order chi connectivity index (χ1) is 12.4. The molecular weight excluding hydrogens is 352 g/mol. The fourth-order valence-electron chi connectivity index (χ4n) is 3.56. The summed E-state index contributed by atoms with van der Waals surface area (Å²) in [5, 5.41) is 0. The fraction of sp³-hybridized carbons (Fsp3) is 0.263. The monoisotopic (exact) mass is 370 g/mol. The van der Waals surface area contributed by atoms with Gasteiger partial charge in [-0.05, 0) is 42.3 Å². The second kappa shape index (κ2) is 5.95. The number of hydrogen-bond acceptors (Lipinski definition) is 4. The lowest BCUT2D eigenvalue weighted by Gasteiger charge is -2.31. The van der Waals surface area contributed by atoms with E-state index in [1.165, 1.54) is 10.4 Å². The Morgan fingerprint density at radius 1 is 0.923 bits per heavy atom. The molecule has 26 heavy (non-hydrogen) atoms. The van der Waals surface area contributed by atoms with Gasteiger partial charge in [-0.3, -0.25) is 13.9 Å². The van der Waals surface area contributed by atoms with Crippen LogP contribution in [-0.4, -0.2) is 33.7 Å². The number of anilines is 2. The summed E-state index contributed by atoms with van der Waals surface area (Å²) in [6.07, 6.45) is 1.06. The van der Waals surface area contributed by atoms with E-state index in [4.69, 9.17) is 0 Å². The van der Waals surface area contributed by atoms with Gasteiger partial charge in [0.25, 0.3) is 10.0 Å². The van der Waals surface area contributed by atoms with E-state index in [-0.39, 0.29) is 29.6 Å². The average Bonchev–Trinajstić information content (AvgIpc) is 2.65. The maximum atomic E-state index is 13.2. The van der Waals surface area contributed by atoms with E-state index in [9.17, 15) is 18.0 Å².